The minimum absolute atomic E-state index is 0.0232. The first-order valence-electron chi connectivity index (χ1n) is 8.57. The first-order valence-corrected chi connectivity index (χ1v) is 9.38. The molecule has 0 spiro atoms. The minimum Gasteiger partial charge on any atom is -0.353 e. The fourth-order valence-corrected chi connectivity index (χ4v) is 3.82. The number of piperazine rings is 1. The number of carbonyl (C=O) groups excluding carboxylic acids is 1. The molecule has 0 N–H and O–H groups in total. The van der Waals surface area contributed by atoms with Crippen molar-refractivity contribution in [3.05, 3.63) is 33.7 Å². The SMILES string of the molecule is Cc1cc(N2CCN(C(=O)c3cnc(C(C)(C)C)s3)CC2)nc(C)n1. The minimum atomic E-state index is -0.0232. The van der Waals surface area contributed by atoms with E-state index in [2.05, 4.69) is 40.6 Å². The van der Waals surface area contributed by atoms with Gasteiger partial charge in [-0.3, -0.25) is 4.79 Å². The van der Waals surface area contributed by atoms with Crippen molar-refractivity contribution in [1.82, 2.24) is 19.9 Å². The van der Waals surface area contributed by atoms with Crippen LogP contribution in [0, 0.1) is 13.8 Å². The molecule has 1 fully saturated rings. The summed E-state index contributed by atoms with van der Waals surface area (Å²) in [6, 6.07) is 2.00. The van der Waals surface area contributed by atoms with Gasteiger partial charge in [0.15, 0.2) is 0 Å². The predicted molar refractivity (Wildman–Crippen MR) is 100 cm³/mol. The molecule has 1 saturated heterocycles. The molecule has 1 aliphatic heterocycles. The number of anilines is 1. The number of aromatic nitrogens is 3. The van der Waals surface area contributed by atoms with Crippen molar-refractivity contribution in [2.75, 3.05) is 31.1 Å². The fraction of sp³-hybridized carbons (Fsp3) is 0.556. The molecule has 0 unspecified atom stereocenters. The summed E-state index contributed by atoms with van der Waals surface area (Å²) in [5.74, 6) is 1.82. The van der Waals surface area contributed by atoms with Gasteiger partial charge in [0.05, 0.1) is 11.2 Å². The molecule has 0 radical (unpaired) electrons. The largest absolute Gasteiger partial charge is 0.353 e. The second-order valence-electron chi connectivity index (χ2n) is 7.47. The maximum atomic E-state index is 12.7. The van der Waals surface area contributed by atoms with Gasteiger partial charge in [-0.15, -0.1) is 11.3 Å². The highest BCUT2D eigenvalue weighted by atomic mass is 32.1. The standard InChI is InChI=1S/C18H25N5OS/c1-12-10-15(21-13(2)20-12)22-6-8-23(9-7-22)16(24)14-11-19-17(25-14)18(3,4)5/h10-11H,6-9H2,1-5H3. The number of rotatable bonds is 2. The van der Waals surface area contributed by atoms with Crippen LogP contribution in [0.2, 0.25) is 0 Å². The number of thiazole rings is 1. The van der Waals surface area contributed by atoms with Crippen LogP contribution in [-0.2, 0) is 5.41 Å². The zero-order valence-electron chi connectivity index (χ0n) is 15.5. The quantitative estimate of drug-likeness (QED) is 0.825. The molecule has 0 bridgehead atoms. The van der Waals surface area contributed by atoms with E-state index in [0.29, 0.717) is 13.1 Å². The molecule has 2 aromatic heterocycles. The Morgan fingerprint density at radius 1 is 1.12 bits per heavy atom. The molecule has 0 saturated carbocycles. The molecule has 134 valence electrons. The lowest BCUT2D eigenvalue weighted by Gasteiger charge is -2.35. The van der Waals surface area contributed by atoms with Crippen molar-refractivity contribution in [1.29, 1.82) is 0 Å². The summed E-state index contributed by atoms with van der Waals surface area (Å²) >= 11 is 1.51. The average molecular weight is 359 g/mol. The molecule has 0 aromatic carbocycles. The molecule has 6 nitrogen and oxygen atoms in total. The van der Waals surface area contributed by atoms with E-state index in [0.717, 1.165) is 40.3 Å². The van der Waals surface area contributed by atoms with Gasteiger partial charge in [-0.2, -0.15) is 0 Å². The molecule has 2 aromatic rings. The molecule has 3 rings (SSSR count). The van der Waals surface area contributed by atoms with Gasteiger partial charge in [0, 0.05) is 43.4 Å². The number of amides is 1. The van der Waals surface area contributed by atoms with Crippen LogP contribution in [0.4, 0.5) is 5.82 Å². The Labute approximate surface area is 152 Å². The van der Waals surface area contributed by atoms with Crippen LogP contribution >= 0.6 is 11.3 Å². The van der Waals surface area contributed by atoms with E-state index < -0.39 is 0 Å². The molecular weight excluding hydrogens is 334 g/mol. The summed E-state index contributed by atoms with van der Waals surface area (Å²) < 4.78 is 0. The molecule has 7 heteroatoms. The normalized spacial score (nSPS) is 15.6. The van der Waals surface area contributed by atoms with Crippen molar-refractivity contribution in [3.63, 3.8) is 0 Å². The van der Waals surface area contributed by atoms with Crippen LogP contribution < -0.4 is 4.90 Å². The lowest BCUT2D eigenvalue weighted by atomic mass is 9.98. The van der Waals surface area contributed by atoms with Crippen molar-refractivity contribution < 1.29 is 4.79 Å². The highest BCUT2D eigenvalue weighted by molar-refractivity contribution is 7.13. The Balaban J connectivity index is 1.65. The number of aryl methyl sites for hydroxylation is 2. The van der Waals surface area contributed by atoms with Crippen LogP contribution in [0.3, 0.4) is 0 Å². The van der Waals surface area contributed by atoms with Gasteiger partial charge in [0.1, 0.15) is 16.5 Å². The first kappa shape index (κ1) is 17.8. The van der Waals surface area contributed by atoms with Gasteiger partial charge >= 0.3 is 0 Å². The van der Waals surface area contributed by atoms with Gasteiger partial charge in [0.25, 0.3) is 5.91 Å². The molecule has 1 amide bonds. The third kappa shape index (κ3) is 3.98. The summed E-state index contributed by atoms with van der Waals surface area (Å²) in [7, 11) is 0. The number of nitrogens with zero attached hydrogens (tertiary/aromatic N) is 5. The molecule has 0 atom stereocenters. The highest BCUT2D eigenvalue weighted by Gasteiger charge is 2.26. The second-order valence-corrected chi connectivity index (χ2v) is 8.50. The lowest BCUT2D eigenvalue weighted by molar-refractivity contribution is 0.0751. The maximum Gasteiger partial charge on any atom is 0.265 e. The van der Waals surface area contributed by atoms with Crippen LogP contribution in [0.15, 0.2) is 12.3 Å². The molecule has 3 heterocycles. The summed E-state index contributed by atoms with van der Waals surface area (Å²) in [5.41, 5.74) is 0.949. The Hall–Kier alpha value is -2.02. The second kappa shape index (κ2) is 6.71. The van der Waals surface area contributed by atoms with E-state index in [-0.39, 0.29) is 11.3 Å². The number of carbonyl (C=O) groups is 1. The van der Waals surface area contributed by atoms with Crippen LogP contribution in [0.25, 0.3) is 0 Å². The van der Waals surface area contributed by atoms with E-state index in [9.17, 15) is 4.79 Å². The van der Waals surface area contributed by atoms with Gasteiger partial charge in [-0.1, -0.05) is 20.8 Å². The summed E-state index contributed by atoms with van der Waals surface area (Å²) in [6.07, 6.45) is 1.72. The number of hydrogen-bond acceptors (Lipinski definition) is 6. The van der Waals surface area contributed by atoms with Gasteiger partial charge in [-0.25, -0.2) is 15.0 Å². The van der Waals surface area contributed by atoms with Crippen LogP contribution in [0.1, 0.15) is 47.0 Å². The van der Waals surface area contributed by atoms with E-state index >= 15 is 0 Å². The smallest absolute Gasteiger partial charge is 0.265 e. The predicted octanol–water partition coefficient (Wildman–Crippen LogP) is 2.81. The van der Waals surface area contributed by atoms with Crippen molar-refractivity contribution >= 4 is 23.1 Å². The maximum absolute atomic E-state index is 12.7. The van der Waals surface area contributed by atoms with E-state index in [1.54, 1.807) is 6.20 Å². The molecule has 1 aliphatic rings. The van der Waals surface area contributed by atoms with E-state index in [1.807, 2.05) is 24.8 Å². The van der Waals surface area contributed by atoms with Crippen LogP contribution in [-0.4, -0.2) is 51.9 Å². The van der Waals surface area contributed by atoms with Gasteiger partial charge < -0.3 is 9.80 Å². The van der Waals surface area contributed by atoms with Crippen molar-refractivity contribution in [2.45, 2.75) is 40.0 Å². The Morgan fingerprint density at radius 2 is 1.80 bits per heavy atom. The van der Waals surface area contributed by atoms with Crippen molar-refractivity contribution in [2.24, 2.45) is 0 Å². The molecule has 0 aliphatic carbocycles. The first-order chi connectivity index (χ1) is 11.7. The summed E-state index contributed by atoms with van der Waals surface area (Å²) in [5, 5.41) is 1.00. The third-order valence-corrected chi connectivity index (χ3v) is 5.61. The third-order valence-electron chi connectivity index (χ3n) is 4.20. The van der Waals surface area contributed by atoms with E-state index in [4.69, 9.17) is 0 Å². The summed E-state index contributed by atoms with van der Waals surface area (Å²) in [4.78, 5) is 30.9. The van der Waals surface area contributed by atoms with Gasteiger partial charge in [0.2, 0.25) is 0 Å². The fourth-order valence-electron chi connectivity index (χ4n) is 2.87. The van der Waals surface area contributed by atoms with E-state index in [1.165, 1.54) is 11.3 Å². The zero-order chi connectivity index (χ0) is 18.2. The zero-order valence-corrected chi connectivity index (χ0v) is 16.4. The average Bonchev–Trinajstić information content (AvgIpc) is 3.03. The Morgan fingerprint density at radius 3 is 2.36 bits per heavy atom. The van der Waals surface area contributed by atoms with Crippen LogP contribution in [0.5, 0.6) is 0 Å². The highest BCUT2D eigenvalue weighted by Crippen LogP contribution is 2.27. The Bertz CT molecular complexity index is 752. The topological polar surface area (TPSA) is 62.2 Å². The lowest BCUT2D eigenvalue weighted by Crippen LogP contribution is -2.49. The Kier molecular flexibility index (Phi) is 4.77. The number of hydrogen-bond donors (Lipinski definition) is 0. The summed E-state index contributed by atoms with van der Waals surface area (Å²) in [6.45, 7) is 13.2. The monoisotopic (exact) mass is 359 g/mol. The van der Waals surface area contributed by atoms with Gasteiger partial charge in [-0.05, 0) is 13.8 Å². The molecule has 25 heavy (non-hydrogen) atoms. The molecular formula is C18H25N5OS. The van der Waals surface area contributed by atoms with Crippen molar-refractivity contribution in [3.8, 4) is 0 Å².